The highest BCUT2D eigenvalue weighted by molar-refractivity contribution is 9.10. The second-order valence-electron chi connectivity index (χ2n) is 4.77. The van der Waals surface area contributed by atoms with Crippen molar-refractivity contribution in [3.8, 4) is 0 Å². The third-order valence-corrected chi connectivity index (χ3v) is 4.13. The number of benzene rings is 1. The van der Waals surface area contributed by atoms with Crippen LogP contribution in [0.3, 0.4) is 0 Å². The fourth-order valence-electron chi connectivity index (χ4n) is 2.50. The molecule has 1 aliphatic heterocycles. The molecule has 0 spiro atoms. The molecule has 0 fully saturated rings. The summed E-state index contributed by atoms with van der Waals surface area (Å²) in [7, 11) is 0. The van der Waals surface area contributed by atoms with Crippen LogP contribution < -0.4 is 0 Å². The Morgan fingerprint density at radius 2 is 2.15 bits per heavy atom. The Bertz CT molecular complexity index is 642. The number of ketones is 1. The first kappa shape index (κ1) is 13.5. The number of halogens is 1. The van der Waals surface area contributed by atoms with Crippen LogP contribution in [0.5, 0.6) is 0 Å². The van der Waals surface area contributed by atoms with Gasteiger partial charge in [-0.1, -0.05) is 24.3 Å². The number of carbonyl (C=O) groups excluding carboxylic acids is 1. The Hall–Kier alpha value is -1.52. The van der Waals surface area contributed by atoms with Crippen molar-refractivity contribution >= 4 is 21.7 Å². The Morgan fingerprint density at radius 1 is 1.30 bits per heavy atom. The van der Waals surface area contributed by atoms with Gasteiger partial charge in [-0.3, -0.25) is 9.78 Å². The summed E-state index contributed by atoms with van der Waals surface area (Å²) in [6.45, 7) is 0.665. The number of Topliss-reactive ketones (excluding diaryl/α,β-unsaturated/α-hetero) is 1. The maximum atomic E-state index is 12.4. The molecule has 102 valence electrons. The molecule has 0 N–H and O–H groups in total. The molecule has 4 heteroatoms. The number of aromatic nitrogens is 1. The maximum Gasteiger partial charge on any atom is 0.185 e. The van der Waals surface area contributed by atoms with E-state index in [9.17, 15) is 4.79 Å². The normalized spacial score (nSPS) is 17.6. The molecule has 0 radical (unpaired) electrons. The molecular formula is C16H14BrNO2. The summed E-state index contributed by atoms with van der Waals surface area (Å²) in [6.07, 6.45) is 2.70. The molecule has 0 amide bonds. The van der Waals surface area contributed by atoms with E-state index in [0.29, 0.717) is 18.7 Å². The van der Waals surface area contributed by atoms with Gasteiger partial charge in [-0.05, 0) is 45.6 Å². The minimum absolute atomic E-state index is 0.000761. The topological polar surface area (TPSA) is 39.2 Å². The van der Waals surface area contributed by atoms with Crippen molar-refractivity contribution in [3.05, 3.63) is 63.9 Å². The minimum Gasteiger partial charge on any atom is -0.373 e. The van der Waals surface area contributed by atoms with Crippen molar-refractivity contribution < 1.29 is 9.53 Å². The average Bonchev–Trinajstić information content (AvgIpc) is 2.48. The lowest BCUT2D eigenvalue weighted by molar-refractivity contribution is 0.0350. The van der Waals surface area contributed by atoms with Crippen molar-refractivity contribution in [1.82, 2.24) is 4.98 Å². The van der Waals surface area contributed by atoms with E-state index in [1.54, 1.807) is 12.3 Å². The van der Waals surface area contributed by atoms with Gasteiger partial charge in [0.1, 0.15) is 5.69 Å². The van der Waals surface area contributed by atoms with Gasteiger partial charge in [0.15, 0.2) is 5.78 Å². The molecular weight excluding hydrogens is 318 g/mol. The van der Waals surface area contributed by atoms with E-state index < -0.39 is 0 Å². The van der Waals surface area contributed by atoms with Crippen LogP contribution in [0.4, 0.5) is 0 Å². The van der Waals surface area contributed by atoms with Gasteiger partial charge in [0.05, 0.1) is 12.7 Å². The van der Waals surface area contributed by atoms with Gasteiger partial charge in [0.25, 0.3) is 0 Å². The molecule has 2 heterocycles. The number of ether oxygens (including phenoxy) is 1. The smallest absolute Gasteiger partial charge is 0.185 e. The van der Waals surface area contributed by atoms with E-state index in [0.717, 1.165) is 16.5 Å². The standard InChI is InChI=1S/C16H14BrNO2/c17-13-6-3-8-18-16(13)14(19)10-15-12-5-2-1-4-11(12)7-9-20-15/h1-6,8,15H,7,9-10H2. The average molecular weight is 332 g/mol. The first-order valence-corrected chi connectivity index (χ1v) is 7.38. The monoisotopic (exact) mass is 331 g/mol. The molecule has 0 bridgehead atoms. The number of hydrogen-bond acceptors (Lipinski definition) is 3. The van der Waals surface area contributed by atoms with Crippen molar-refractivity contribution in [1.29, 1.82) is 0 Å². The van der Waals surface area contributed by atoms with Gasteiger partial charge in [-0.15, -0.1) is 0 Å². The summed E-state index contributed by atoms with van der Waals surface area (Å²) in [5.74, 6) is -0.000761. The van der Waals surface area contributed by atoms with Crippen LogP contribution in [-0.2, 0) is 11.2 Å². The maximum absolute atomic E-state index is 12.4. The third-order valence-electron chi connectivity index (χ3n) is 3.49. The Labute approximate surface area is 126 Å². The van der Waals surface area contributed by atoms with E-state index in [2.05, 4.69) is 27.0 Å². The van der Waals surface area contributed by atoms with Gasteiger partial charge in [0.2, 0.25) is 0 Å². The van der Waals surface area contributed by atoms with Crippen LogP contribution in [0.1, 0.15) is 34.1 Å². The molecule has 1 atom stereocenters. The van der Waals surface area contributed by atoms with E-state index in [1.807, 2.05) is 24.3 Å². The third kappa shape index (κ3) is 2.67. The number of rotatable bonds is 3. The number of carbonyl (C=O) groups is 1. The molecule has 3 nitrogen and oxygen atoms in total. The molecule has 0 saturated carbocycles. The highest BCUT2D eigenvalue weighted by Gasteiger charge is 2.24. The van der Waals surface area contributed by atoms with Crippen molar-refractivity contribution in [2.45, 2.75) is 18.9 Å². The van der Waals surface area contributed by atoms with Crippen LogP contribution in [0, 0.1) is 0 Å². The SMILES string of the molecule is O=C(CC1OCCc2ccccc21)c1ncccc1Br. The molecule has 3 rings (SSSR count). The fraction of sp³-hybridized carbons (Fsp3) is 0.250. The summed E-state index contributed by atoms with van der Waals surface area (Å²) in [4.78, 5) is 16.5. The predicted molar refractivity (Wildman–Crippen MR) is 79.7 cm³/mol. The summed E-state index contributed by atoms with van der Waals surface area (Å²) in [6, 6.07) is 11.8. The lowest BCUT2D eigenvalue weighted by Gasteiger charge is -2.25. The molecule has 0 saturated heterocycles. The summed E-state index contributed by atoms with van der Waals surface area (Å²) >= 11 is 3.37. The predicted octanol–water partition coefficient (Wildman–Crippen LogP) is 3.73. The molecule has 20 heavy (non-hydrogen) atoms. The lowest BCUT2D eigenvalue weighted by Crippen LogP contribution is -2.19. The largest absolute Gasteiger partial charge is 0.373 e. The van der Waals surface area contributed by atoms with Crippen molar-refractivity contribution in [2.24, 2.45) is 0 Å². The molecule has 1 unspecified atom stereocenters. The zero-order valence-corrected chi connectivity index (χ0v) is 12.5. The molecule has 1 aromatic carbocycles. The van der Waals surface area contributed by atoms with Gasteiger partial charge < -0.3 is 4.74 Å². The lowest BCUT2D eigenvalue weighted by atomic mass is 9.94. The number of fused-ring (bicyclic) bond motifs is 1. The highest BCUT2D eigenvalue weighted by atomic mass is 79.9. The molecule has 0 aliphatic carbocycles. The second-order valence-corrected chi connectivity index (χ2v) is 5.62. The first-order chi connectivity index (χ1) is 9.75. The van der Waals surface area contributed by atoms with Crippen molar-refractivity contribution in [3.63, 3.8) is 0 Å². The van der Waals surface area contributed by atoms with Crippen LogP contribution in [-0.4, -0.2) is 17.4 Å². The summed E-state index contributed by atoms with van der Waals surface area (Å²) in [5.41, 5.74) is 2.87. The molecule has 1 aliphatic rings. The fourth-order valence-corrected chi connectivity index (χ4v) is 2.98. The zero-order valence-electron chi connectivity index (χ0n) is 10.9. The van der Waals surface area contributed by atoms with Crippen LogP contribution in [0.25, 0.3) is 0 Å². The van der Waals surface area contributed by atoms with Gasteiger partial charge >= 0.3 is 0 Å². The van der Waals surface area contributed by atoms with E-state index in [1.165, 1.54) is 5.56 Å². The van der Waals surface area contributed by atoms with Gasteiger partial charge in [-0.2, -0.15) is 0 Å². The highest BCUT2D eigenvalue weighted by Crippen LogP contribution is 2.31. The van der Waals surface area contributed by atoms with Gasteiger partial charge in [0, 0.05) is 17.1 Å². The number of nitrogens with zero attached hydrogens (tertiary/aromatic N) is 1. The first-order valence-electron chi connectivity index (χ1n) is 6.59. The minimum atomic E-state index is -0.165. The van der Waals surface area contributed by atoms with Crippen molar-refractivity contribution in [2.75, 3.05) is 6.61 Å². The van der Waals surface area contributed by atoms with Crippen LogP contribution in [0.2, 0.25) is 0 Å². The van der Waals surface area contributed by atoms with E-state index >= 15 is 0 Å². The zero-order chi connectivity index (χ0) is 13.9. The second kappa shape index (κ2) is 5.85. The number of pyridine rings is 1. The molecule has 2 aromatic rings. The summed E-state index contributed by atoms with van der Waals surface area (Å²) in [5, 5.41) is 0. The molecule has 1 aromatic heterocycles. The Balaban J connectivity index is 1.83. The summed E-state index contributed by atoms with van der Waals surface area (Å²) < 4.78 is 6.50. The Morgan fingerprint density at radius 3 is 3.00 bits per heavy atom. The van der Waals surface area contributed by atoms with Gasteiger partial charge in [-0.25, -0.2) is 0 Å². The van der Waals surface area contributed by atoms with E-state index in [-0.39, 0.29) is 11.9 Å². The van der Waals surface area contributed by atoms with Crippen LogP contribution >= 0.6 is 15.9 Å². The number of hydrogen-bond donors (Lipinski definition) is 0. The van der Waals surface area contributed by atoms with Crippen LogP contribution in [0.15, 0.2) is 47.1 Å². The quantitative estimate of drug-likeness (QED) is 0.804. The van der Waals surface area contributed by atoms with E-state index in [4.69, 9.17) is 4.74 Å². The Kier molecular flexibility index (Phi) is 3.94.